The van der Waals surface area contributed by atoms with E-state index >= 15 is 0 Å². The summed E-state index contributed by atoms with van der Waals surface area (Å²) in [5.74, 6) is 1.61. The monoisotopic (exact) mass is 349 g/mol. The Labute approximate surface area is 151 Å². The summed E-state index contributed by atoms with van der Waals surface area (Å²) in [5.41, 5.74) is 1.08. The van der Waals surface area contributed by atoms with Crippen molar-refractivity contribution in [3.8, 4) is 17.4 Å². The van der Waals surface area contributed by atoms with Gasteiger partial charge in [-0.3, -0.25) is 9.78 Å². The van der Waals surface area contributed by atoms with E-state index in [4.69, 9.17) is 9.47 Å². The summed E-state index contributed by atoms with van der Waals surface area (Å²) in [6.07, 6.45) is 5.92. The summed E-state index contributed by atoms with van der Waals surface area (Å²) in [6, 6.07) is 16.3. The summed E-state index contributed by atoms with van der Waals surface area (Å²) in [5, 5.41) is 2.82. The fraction of sp³-hybridized carbons (Fsp3) is 0.150. The van der Waals surface area contributed by atoms with Gasteiger partial charge in [-0.15, -0.1) is 0 Å². The van der Waals surface area contributed by atoms with Gasteiger partial charge < -0.3 is 14.8 Å². The number of carbonyl (C=O) groups is 1. The Morgan fingerprint density at radius 3 is 2.54 bits per heavy atom. The van der Waals surface area contributed by atoms with Gasteiger partial charge >= 0.3 is 0 Å². The lowest BCUT2D eigenvalue weighted by Crippen LogP contribution is -2.30. The second kappa shape index (κ2) is 9.17. The molecular formula is C20H19N3O3. The quantitative estimate of drug-likeness (QED) is 0.677. The summed E-state index contributed by atoms with van der Waals surface area (Å²) in [7, 11) is 0. The standard InChI is InChI=1S/C20H19N3O3/c24-19(22-13-10-16-4-3-11-21-14-16)15-25-17-6-8-18(9-7-17)26-20-5-1-2-12-23-20/h1-9,11-12,14H,10,13,15H2,(H,22,24). The summed E-state index contributed by atoms with van der Waals surface area (Å²) in [6.45, 7) is 0.512. The molecule has 0 atom stereocenters. The van der Waals surface area contributed by atoms with Crippen LogP contribution in [0.5, 0.6) is 17.4 Å². The third kappa shape index (κ3) is 5.59. The van der Waals surface area contributed by atoms with Gasteiger partial charge in [0.1, 0.15) is 11.5 Å². The number of rotatable bonds is 8. The van der Waals surface area contributed by atoms with Crippen LogP contribution in [0.25, 0.3) is 0 Å². The Morgan fingerprint density at radius 1 is 0.962 bits per heavy atom. The zero-order valence-electron chi connectivity index (χ0n) is 14.2. The van der Waals surface area contributed by atoms with Crippen LogP contribution < -0.4 is 14.8 Å². The second-order valence-corrected chi connectivity index (χ2v) is 5.49. The van der Waals surface area contributed by atoms with E-state index in [1.807, 2.05) is 24.3 Å². The molecule has 1 N–H and O–H groups in total. The second-order valence-electron chi connectivity index (χ2n) is 5.49. The van der Waals surface area contributed by atoms with E-state index in [1.54, 1.807) is 48.9 Å². The molecule has 0 aliphatic heterocycles. The molecular weight excluding hydrogens is 330 g/mol. The minimum atomic E-state index is -0.164. The molecule has 0 saturated heterocycles. The van der Waals surface area contributed by atoms with Crippen LogP contribution in [0.4, 0.5) is 0 Å². The molecule has 0 fully saturated rings. The first-order chi connectivity index (χ1) is 12.8. The van der Waals surface area contributed by atoms with E-state index in [-0.39, 0.29) is 12.5 Å². The maximum Gasteiger partial charge on any atom is 0.257 e. The number of carbonyl (C=O) groups excluding carboxylic acids is 1. The number of nitrogens with zero attached hydrogens (tertiary/aromatic N) is 2. The first-order valence-corrected chi connectivity index (χ1v) is 8.27. The molecule has 26 heavy (non-hydrogen) atoms. The molecule has 3 rings (SSSR count). The Morgan fingerprint density at radius 2 is 1.81 bits per heavy atom. The van der Waals surface area contributed by atoms with Gasteiger partial charge in [-0.2, -0.15) is 0 Å². The van der Waals surface area contributed by atoms with Crippen molar-refractivity contribution < 1.29 is 14.3 Å². The number of hydrogen-bond donors (Lipinski definition) is 1. The van der Waals surface area contributed by atoms with Gasteiger partial charge in [0.2, 0.25) is 5.88 Å². The fourth-order valence-electron chi connectivity index (χ4n) is 2.22. The number of ether oxygens (including phenoxy) is 2. The zero-order chi connectivity index (χ0) is 18.0. The lowest BCUT2D eigenvalue weighted by molar-refractivity contribution is -0.123. The number of benzene rings is 1. The van der Waals surface area contributed by atoms with Crippen molar-refractivity contribution in [1.29, 1.82) is 0 Å². The number of pyridine rings is 2. The third-order valence-electron chi connectivity index (χ3n) is 3.51. The lowest BCUT2D eigenvalue weighted by atomic mass is 10.2. The smallest absolute Gasteiger partial charge is 0.257 e. The van der Waals surface area contributed by atoms with Crippen LogP contribution in [0.15, 0.2) is 73.2 Å². The fourth-order valence-corrected chi connectivity index (χ4v) is 2.22. The predicted octanol–water partition coefficient (Wildman–Crippen LogP) is 3.01. The van der Waals surface area contributed by atoms with Crippen LogP contribution in [-0.4, -0.2) is 29.0 Å². The van der Waals surface area contributed by atoms with E-state index in [0.29, 0.717) is 23.9 Å². The lowest BCUT2D eigenvalue weighted by Gasteiger charge is -2.09. The van der Waals surface area contributed by atoms with Crippen LogP contribution in [0, 0.1) is 0 Å². The number of aromatic nitrogens is 2. The maximum atomic E-state index is 11.8. The molecule has 2 aromatic heterocycles. The summed E-state index contributed by atoms with van der Waals surface area (Å²) >= 11 is 0. The Kier molecular flexibility index (Phi) is 6.14. The predicted molar refractivity (Wildman–Crippen MR) is 97.2 cm³/mol. The average molecular weight is 349 g/mol. The van der Waals surface area contributed by atoms with Crippen molar-refractivity contribution in [2.24, 2.45) is 0 Å². The Balaban J connectivity index is 1.39. The van der Waals surface area contributed by atoms with Crippen LogP contribution in [0.1, 0.15) is 5.56 Å². The van der Waals surface area contributed by atoms with Crippen LogP contribution >= 0.6 is 0 Å². The first kappa shape index (κ1) is 17.4. The molecule has 0 unspecified atom stereocenters. The highest BCUT2D eigenvalue weighted by molar-refractivity contribution is 5.77. The minimum absolute atomic E-state index is 0.0342. The highest BCUT2D eigenvalue weighted by atomic mass is 16.5. The molecule has 1 aromatic carbocycles. The zero-order valence-corrected chi connectivity index (χ0v) is 14.2. The van der Waals surface area contributed by atoms with Gasteiger partial charge in [0, 0.05) is 31.2 Å². The molecule has 2 heterocycles. The molecule has 0 saturated carbocycles. The van der Waals surface area contributed by atoms with Crippen molar-refractivity contribution >= 4 is 5.91 Å². The van der Waals surface area contributed by atoms with Gasteiger partial charge in [0.25, 0.3) is 5.91 Å². The van der Waals surface area contributed by atoms with Crippen molar-refractivity contribution in [2.45, 2.75) is 6.42 Å². The minimum Gasteiger partial charge on any atom is -0.484 e. The number of nitrogens with one attached hydrogen (secondary N) is 1. The molecule has 0 aliphatic rings. The molecule has 6 nitrogen and oxygen atoms in total. The molecule has 0 radical (unpaired) electrons. The van der Waals surface area contributed by atoms with Crippen LogP contribution in [0.3, 0.4) is 0 Å². The molecule has 3 aromatic rings. The SMILES string of the molecule is O=C(COc1ccc(Oc2ccccn2)cc1)NCCc1cccnc1. The van der Waals surface area contributed by atoms with Crippen molar-refractivity contribution in [3.05, 3.63) is 78.8 Å². The van der Waals surface area contributed by atoms with E-state index < -0.39 is 0 Å². The Hall–Kier alpha value is -3.41. The van der Waals surface area contributed by atoms with Crippen molar-refractivity contribution in [1.82, 2.24) is 15.3 Å². The highest BCUT2D eigenvalue weighted by Gasteiger charge is 2.04. The maximum absolute atomic E-state index is 11.8. The van der Waals surface area contributed by atoms with Gasteiger partial charge in [0.15, 0.2) is 6.61 Å². The van der Waals surface area contributed by atoms with Gasteiger partial charge in [-0.05, 0) is 48.4 Å². The molecule has 1 amide bonds. The van der Waals surface area contributed by atoms with Gasteiger partial charge in [-0.25, -0.2) is 4.98 Å². The number of hydrogen-bond acceptors (Lipinski definition) is 5. The average Bonchev–Trinajstić information content (AvgIpc) is 2.69. The van der Waals surface area contributed by atoms with Gasteiger partial charge in [0.05, 0.1) is 0 Å². The first-order valence-electron chi connectivity index (χ1n) is 8.27. The molecule has 6 heteroatoms. The van der Waals surface area contributed by atoms with E-state index in [2.05, 4.69) is 15.3 Å². The van der Waals surface area contributed by atoms with E-state index in [1.165, 1.54) is 0 Å². The van der Waals surface area contributed by atoms with Crippen molar-refractivity contribution in [2.75, 3.05) is 13.2 Å². The van der Waals surface area contributed by atoms with Gasteiger partial charge in [-0.1, -0.05) is 12.1 Å². The van der Waals surface area contributed by atoms with Crippen LogP contribution in [0.2, 0.25) is 0 Å². The molecule has 0 spiro atoms. The van der Waals surface area contributed by atoms with E-state index in [9.17, 15) is 4.79 Å². The summed E-state index contributed by atoms with van der Waals surface area (Å²) < 4.78 is 11.1. The summed E-state index contributed by atoms with van der Waals surface area (Å²) in [4.78, 5) is 20.0. The molecule has 0 bridgehead atoms. The normalized spacial score (nSPS) is 10.2. The molecule has 0 aliphatic carbocycles. The van der Waals surface area contributed by atoms with Crippen LogP contribution in [-0.2, 0) is 11.2 Å². The highest BCUT2D eigenvalue weighted by Crippen LogP contribution is 2.22. The Bertz CT molecular complexity index is 809. The molecule has 132 valence electrons. The van der Waals surface area contributed by atoms with Crippen molar-refractivity contribution in [3.63, 3.8) is 0 Å². The topological polar surface area (TPSA) is 73.3 Å². The van der Waals surface area contributed by atoms with E-state index in [0.717, 1.165) is 12.0 Å². The third-order valence-corrected chi connectivity index (χ3v) is 3.51. The largest absolute Gasteiger partial charge is 0.484 e. The number of amides is 1.